The first-order valence-corrected chi connectivity index (χ1v) is 1.99. The Morgan fingerprint density at radius 2 is 1.86 bits per heavy atom. The SMILES string of the molecule is [C]#Cn1cccc1. The van der Waals surface area contributed by atoms with Crippen LogP contribution in [0.4, 0.5) is 0 Å². The van der Waals surface area contributed by atoms with E-state index in [4.69, 9.17) is 6.42 Å². The lowest BCUT2D eigenvalue weighted by Gasteiger charge is -1.77. The summed E-state index contributed by atoms with van der Waals surface area (Å²) in [4.78, 5) is 0. The maximum absolute atomic E-state index is 6.57. The highest BCUT2D eigenvalue weighted by Gasteiger charge is 1.72. The van der Waals surface area contributed by atoms with Gasteiger partial charge >= 0.3 is 0 Å². The lowest BCUT2D eigenvalue weighted by Crippen LogP contribution is -1.76. The number of hydrogen-bond acceptors (Lipinski definition) is 0. The molecule has 1 rings (SSSR count). The molecule has 0 aliphatic rings. The first kappa shape index (κ1) is 4.01. The summed E-state index contributed by atoms with van der Waals surface area (Å²) in [5.41, 5.74) is 0. The summed E-state index contributed by atoms with van der Waals surface area (Å²) in [6, 6.07) is 5.87. The molecule has 33 valence electrons. The molecule has 1 aromatic rings. The molecule has 1 aromatic heterocycles. The van der Waals surface area contributed by atoms with Crippen molar-refractivity contribution in [3.63, 3.8) is 0 Å². The predicted molar refractivity (Wildman–Crippen MR) is 27.0 cm³/mol. The zero-order valence-corrected chi connectivity index (χ0v) is 3.76. The Morgan fingerprint density at radius 3 is 2.14 bits per heavy atom. The van der Waals surface area contributed by atoms with E-state index in [1.807, 2.05) is 12.1 Å². The smallest absolute Gasteiger partial charge is 0.0305 e. The summed E-state index contributed by atoms with van der Waals surface area (Å²) in [6.45, 7) is 0. The Balaban J connectivity index is 3.04. The van der Waals surface area contributed by atoms with Gasteiger partial charge in [-0.1, -0.05) is 0 Å². The first-order chi connectivity index (χ1) is 3.43. The Kier molecular flexibility index (Phi) is 0.874. The Bertz CT molecular complexity index is 167. The molecular weight excluding hydrogens is 86.1 g/mol. The monoisotopic (exact) mass is 90.0 g/mol. The minimum absolute atomic E-state index is 1.54. The molecule has 0 saturated heterocycles. The van der Waals surface area contributed by atoms with Crippen molar-refractivity contribution in [2.45, 2.75) is 0 Å². The van der Waals surface area contributed by atoms with Gasteiger partial charge in [0, 0.05) is 24.9 Å². The number of rotatable bonds is 0. The molecule has 0 amide bonds. The van der Waals surface area contributed by atoms with Gasteiger partial charge in [-0.25, -0.2) is 0 Å². The van der Waals surface area contributed by atoms with Crippen molar-refractivity contribution >= 4 is 0 Å². The van der Waals surface area contributed by atoms with Gasteiger partial charge in [0.05, 0.1) is 0 Å². The van der Waals surface area contributed by atoms with E-state index in [-0.39, 0.29) is 0 Å². The van der Waals surface area contributed by atoms with Crippen molar-refractivity contribution in [3.8, 4) is 6.04 Å². The zero-order valence-electron chi connectivity index (χ0n) is 3.76. The predicted octanol–water partition coefficient (Wildman–Crippen LogP) is 0.883. The van der Waals surface area contributed by atoms with E-state index in [0.717, 1.165) is 0 Å². The van der Waals surface area contributed by atoms with E-state index in [1.165, 1.54) is 0 Å². The van der Waals surface area contributed by atoms with Crippen molar-refractivity contribution in [1.29, 1.82) is 0 Å². The molecule has 0 aromatic carbocycles. The second kappa shape index (κ2) is 1.53. The van der Waals surface area contributed by atoms with Crippen molar-refractivity contribution in [3.05, 3.63) is 30.9 Å². The second-order valence-corrected chi connectivity index (χ2v) is 1.20. The number of aromatic nitrogens is 1. The summed E-state index contributed by atoms with van der Waals surface area (Å²) < 4.78 is 1.54. The van der Waals surface area contributed by atoms with Crippen LogP contribution in [0.3, 0.4) is 0 Å². The van der Waals surface area contributed by atoms with Crippen LogP contribution in [0.15, 0.2) is 24.5 Å². The van der Waals surface area contributed by atoms with Crippen molar-refractivity contribution in [1.82, 2.24) is 4.57 Å². The van der Waals surface area contributed by atoms with Gasteiger partial charge in [-0.05, 0) is 12.1 Å². The first-order valence-electron chi connectivity index (χ1n) is 1.99. The summed E-state index contributed by atoms with van der Waals surface area (Å²) >= 11 is 0. The molecule has 0 fully saturated rings. The summed E-state index contributed by atoms with van der Waals surface area (Å²) in [5, 5.41) is 0. The molecule has 0 aliphatic carbocycles. The van der Waals surface area contributed by atoms with E-state index in [9.17, 15) is 0 Å². The second-order valence-electron chi connectivity index (χ2n) is 1.20. The lowest BCUT2D eigenvalue weighted by molar-refractivity contribution is 1.14. The molecule has 7 heavy (non-hydrogen) atoms. The van der Waals surface area contributed by atoms with Crippen LogP contribution in [0.25, 0.3) is 0 Å². The van der Waals surface area contributed by atoms with Crippen LogP contribution in [0.1, 0.15) is 0 Å². The maximum Gasteiger partial charge on any atom is 0.0305 e. The van der Waals surface area contributed by atoms with Crippen LogP contribution >= 0.6 is 0 Å². The summed E-state index contributed by atoms with van der Waals surface area (Å²) in [7, 11) is 0. The molecule has 0 aliphatic heterocycles. The van der Waals surface area contributed by atoms with Crippen LogP contribution in [0, 0.1) is 12.5 Å². The van der Waals surface area contributed by atoms with Crippen LogP contribution in [0.5, 0.6) is 0 Å². The Labute approximate surface area is 42.6 Å². The summed E-state index contributed by atoms with van der Waals surface area (Å²) in [6.07, 6.45) is 10.1. The van der Waals surface area contributed by atoms with Gasteiger partial charge in [0.1, 0.15) is 0 Å². The third-order valence-electron chi connectivity index (χ3n) is 0.734. The third kappa shape index (κ3) is 0.635. The minimum Gasteiger partial charge on any atom is -0.284 e. The normalized spacial score (nSPS) is 7.86. The van der Waals surface area contributed by atoms with E-state index < -0.39 is 0 Å². The molecule has 1 radical (unpaired) electrons. The van der Waals surface area contributed by atoms with Crippen molar-refractivity contribution < 1.29 is 0 Å². The van der Waals surface area contributed by atoms with Crippen LogP contribution in [0.2, 0.25) is 0 Å². The number of hydrogen-bond donors (Lipinski definition) is 0. The fourth-order valence-corrected chi connectivity index (χ4v) is 0.409. The molecular formula is C6H4N. The molecule has 0 N–H and O–H groups in total. The Hall–Kier alpha value is -1.16. The quantitative estimate of drug-likeness (QED) is 0.417. The van der Waals surface area contributed by atoms with Gasteiger partial charge in [-0.2, -0.15) is 0 Å². The third-order valence-corrected chi connectivity index (χ3v) is 0.734. The molecule has 1 heterocycles. The van der Waals surface area contributed by atoms with Gasteiger partial charge < -0.3 is 0 Å². The van der Waals surface area contributed by atoms with E-state index in [0.29, 0.717) is 0 Å². The minimum atomic E-state index is 1.54. The average molecular weight is 90.1 g/mol. The molecule has 0 saturated carbocycles. The van der Waals surface area contributed by atoms with E-state index >= 15 is 0 Å². The van der Waals surface area contributed by atoms with Gasteiger partial charge in [-0.15, -0.1) is 0 Å². The van der Waals surface area contributed by atoms with Crippen molar-refractivity contribution in [2.24, 2.45) is 0 Å². The molecule has 0 spiro atoms. The largest absolute Gasteiger partial charge is 0.284 e. The molecule has 1 heteroatoms. The number of nitrogens with zero attached hydrogens (tertiary/aromatic N) is 1. The van der Waals surface area contributed by atoms with E-state index in [2.05, 4.69) is 6.04 Å². The van der Waals surface area contributed by atoms with Crippen LogP contribution in [-0.2, 0) is 0 Å². The highest BCUT2D eigenvalue weighted by Crippen LogP contribution is 1.82. The molecule has 0 unspecified atom stereocenters. The van der Waals surface area contributed by atoms with E-state index in [1.54, 1.807) is 17.0 Å². The van der Waals surface area contributed by atoms with Crippen molar-refractivity contribution in [2.75, 3.05) is 0 Å². The molecule has 0 atom stereocenters. The average Bonchev–Trinajstić information content (AvgIpc) is 2.14. The van der Waals surface area contributed by atoms with Crippen LogP contribution in [-0.4, -0.2) is 4.57 Å². The standard InChI is InChI=1S/C6H4N/c1-2-7-5-3-4-6-7/h3-6H. The molecule has 0 bridgehead atoms. The highest BCUT2D eigenvalue weighted by molar-refractivity contribution is 4.98. The fraction of sp³-hybridized carbons (Fsp3) is 0. The van der Waals surface area contributed by atoms with Gasteiger partial charge in [0.2, 0.25) is 0 Å². The highest BCUT2D eigenvalue weighted by atomic mass is 14.9. The Morgan fingerprint density at radius 1 is 1.29 bits per heavy atom. The summed E-state index contributed by atoms with van der Waals surface area (Å²) in [5.74, 6) is 0. The maximum atomic E-state index is 6.57. The fourth-order valence-electron chi connectivity index (χ4n) is 0.409. The zero-order chi connectivity index (χ0) is 5.11. The topological polar surface area (TPSA) is 4.93 Å². The lowest BCUT2D eigenvalue weighted by atomic mass is 10.7. The van der Waals surface area contributed by atoms with Gasteiger partial charge in [0.25, 0.3) is 0 Å². The van der Waals surface area contributed by atoms with Crippen LogP contribution < -0.4 is 0 Å². The van der Waals surface area contributed by atoms with Gasteiger partial charge in [0.15, 0.2) is 0 Å². The van der Waals surface area contributed by atoms with Gasteiger partial charge in [-0.3, -0.25) is 4.57 Å². The molecule has 1 nitrogen and oxygen atoms in total.